The fourth-order valence-corrected chi connectivity index (χ4v) is 2.40. The van der Waals surface area contributed by atoms with E-state index in [1.165, 1.54) is 13.2 Å². The van der Waals surface area contributed by atoms with Gasteiger partial charge in [-0.3, -0.25) is 4.79 Å². The van der Waals surface area contributed by atoms with Crippen molar-refractivity contribution in [3.05, 3.63) is 58.7 Å². The first-order valence-corrected chi connectivity index (χ1v) is 7.71. The zero-order chi connectivity index (χ0) is 18.4. The molecule has 0 unspecified atom stereocenters. The molecular weight excluding hydrogens is 316 g/mol. The highest BCUT2D eigenvalue weighted by Gasteiger charge is 2.13. The first-order chi connectivity index (χ1) is 12.0. The van der Waals surface area contributed by atoms with Gasteiger partial charge >= 0.3 is 0 Å². The number of rotatable bonds is 5. The van der Waals surface area contributed by atoms with Gasteiger partial charge < -0.3 is 14.8 Å². The minimum absolute atomic E-state index is 0.0217. The molecule has 0 aliphatic carbocycles. The van der Waals surface area contributed by atoms with Gasteiger partial charge in [-0.2, -0.15) is 5.26 Å². The molecule has 0 spiro atoms. The van der Waals surface area contributed by atoms with Crippen molar-refractivity contribution in [3.63, 3.8) is 0 Å². The van der Waals surface area contributed by atoms with Crippen molar-refractivity contribution >= 4 is 17.7 Å². The zero-order valence-electron chi connectivity index (χ0n) is 14.7. The number of hydrogen-bond acceptors (Lipinski definition) is 4. The SMILES string of the molecule is COc1ccc(OC)c(/C=C(\C#N)C(=O)Nc2ccc(C)cc2C)c1. The molecule has 0 fully saturated rings. The summed E-state index contributed by atoms with van der Waals surface area (Å²) < 4.78 is 10.5. The summed E-state index contributed by atoms with van der Waals surface area (Å²) in [5.74, 6) is 0.686. The van der Waals surface area contributed by atoms with Crippen LogP contribution in [0.15, 0.2) is 42.0 Å². The topological polar surface area (TPSA) is 71.3 Å². The first kappa shape index (κ1) is 18.1. The van der Waals surface area contributed by atoms with Gasteiger partial charge in [-0.15, -0.1) is 0 Å². The lowest BCUT2D eigenvalue weighted by Crippen LogP contribution is -2.14. The van der Waals surface area contributed by atoms with Crippen LogP contribution >= 0.6 is 0 Å². The van der Waals surface area contributed by atoms with Crippen molar-refractivity contribution in [2.75, 3.05) is 19.5 Å². The number of hydrogen-bond donors (Lipinski definition) is 1. The molecule has 0 atom stereocenters. The third kappa shape index (κ3) is 4.39. The van der Waals surface area contributed by atoms with Gasteiger partial charge in [-0.25, -0.2) is 0 Å². The molecule has 25 heavy (non-hydrogen) atoms. The Morgan fingerprint density at radius 1 is 1.12 bits per heavy atom. The molecule has 128 valence electrons. The zero-order valence-corrected chi connectivity index (χ0v) is 14.7. The average Bonchev–Trinajstić information content (AvgIpc) is 2.61. The van der Waals surface area contributed by atoms with Crippen LogP contribution in [-0.2, 0) is 4.79 Å². The van der Waals surface area contributed by atoms with Gasteiger partial charge in [-0.1, -0.05) is 17.7 Å². The van der Waals surface area contributed by atoms with Crippen LogP contribution in [0.2, 0.25) is 0 Å². The highest BCUT2D eigenvalue weighted by atomic mass is 16.5. The van der Waals surface area contributed by atoms with Gasteiger partial charge in [0.15, 0.2) is 0 Å². The number of benzene rings is 2. The van der Waals surface area contributed by atoms with Crippen molar-refractivity contribution in [1.29, 1.82) is 5.26 Å². The van der Waals surface area contributed by atoms with Gasteiger partial charge in [0.1, 0.15) is 23.1 Å². The Morgan fingerprint density at radius 3 is 2.48 bits per heavy atom. The monoisotopic (exact) mass is 336 g/mol. The quantitative estimate of drug-likeness (QED) is 0.665. The molecule has 0 aromatic heterocycles. The highest BCUT2D eigenvalue weighted by molar-refractivity contribution is 6.10. The summed E-state index contributed by atoms with van der Waals surface area (Å²) in [6, 6.07) is 12.8. The summed E-state index contributed by atoms with van der Waals surface area (Å²) in [5, 5.41) is 12.2. The summed E-state index contributed by atoms with van der Waals surface area (Å²) in [4.78, 5) is 12.5. The Kier molecular flexibility index (Phi) is 5.80. The number of nitriles is 1. The normalized spacial score (nSPS) is 10.8. The summed E-state index contributed by atoms with van der Waals surface area (Å²) in [6.45, 7) is 3.89. The van der Waals surface area contributed by atoms with Gasteiger partial charge in [0.05, 0.1) is 14.2 Å². The molecule has 0 radical (unpaired) electrons. The Labute approximate surface area is 147 Å². The van der Waals surface area contributed by atoms with E-state index in [2.05, 4.69) is 5.32 Å². The second-order valence-electron chi connectivity index (χ2n) is 5.55. The molecule has 0 bridgehead atoms. The Morgan fingerprint density at radius 2 is 1.88 bits per heavy atom. The Hall–Kier alpha value is -3.26. The summed E-state index contributed by atoms with van der Waals surface area (Å²) >= 11 is 0. The number of carbonyl (C=O) groups excluding carboxylic acids is 1. The number of aryl methyl sites for hydroxylation is 2. The molecule has 2 aromatic carbocycles. The molecule has 1 amide bonds. The number of carbonyl (C=O) groups is 1. The van der Waals surface area contributed by atoms with Crippen LogP contribution in [0.4, 0.5) is 5.69 Å². The number of nitrogens with zero attached hydrogens (tertiary/aromatic N) is 1. The van der Waals surface area contributed by atoms with Crippen LogP contribution in [0.5, 0.6) is 11.5 Å². The van der Waals surface area contributed by atoms with Gasteiger partial charge in [-0.05, 0) is 49.8 Å². The minimum Gasteiger partial charge on any atom is -0.497 e. The predicted octanol–water partition coefficient (Wildman–Crippen LogP) is 3.87. The average molecular weight is 336 g/mol. The van der Waals surface area contributed by atoms with Crippen molar-refractivity contribution in [2.24, 2.45) is 0 Å². The summed E-state index contributed by atoms with van der Waals surface area (Å²) in [7, 11) is 3.08. The maximum Gasteiger partial charge on any atom is 0.266 e. The van der Waals surface area contributed by atoms with E-state index in [0.29, 0.717) is 22.7 Å². The largest absolute Gasteiger partial charge is 0.497 e. The van der Waals surface area contributed by atoms with Crippen molar-refractivity contribution < 1.29 is 14.3 Å². The van der Waals surface area contributed by atoms with Crippen LogP contribution in [0.3, 0.4) is 0 Å². The predicted molar refractivity (Wildman–Crippen MR) is 97.7 cm³/mol. The molecule has 0 heterocycles. The van der Waals surface area contributed by atoms with Crippen molar-refractivity contribution in [2.45, 2.75) is 13.8 Å². The van der Waals surface area contributed by atoms with Crippen LogP contribution in [0.25, 0.3) is 6.08 Å². The minimum atomic E-state index is -0.473. The van der Waals surface area contributed by atoms with Crippen molar-refractivity contribution in [1.82, 2.24) is 0 Å². The number of amides is 1. The third-order valence-corrected chi connectivity index (χ3v) is 3.73. The Balaban J connectivity index is 2.34. The smallest absolute Gasteiger partial charge is 0.266 e. The third-order valence-electron chi connectivity index (χ3n) is 3.73. The van der Waals surface area contributed by atoms with E-state index in [-0.39, 0.29) is 5.57 Å². The van der Waals surface area contributed by atoms with Gasteiger partial charge in [0, 0.05) is 11.3 Å². The van der Waals surface area contributed by atoms with E-state index in [9.17, 15) is 10.1 Å². The first-order valence-electron chi connectivity index (χ1n) is 7.71. The molecule has 2 rings (SSSR count). The molecular formula is C20H20N2O3. The molecule has 2 aromatic rings. The van der Waals surface area contributed by atoms with E-state index in [1.807, 2.05) is 38.1 Å². The summed E-state index contributed by atoms with van der Waals surface area (Å²) in [5.41, 5.74) is 3.28. The summed E-state index contributed by atoms with van der Waals surface area (Å²) in [6.07, 6.45) is 1.49. The van der Waals surface area contributed by atoms with Crippen LogP contribution in [0.1, 0.15) is 16.7 Å². The Bertz CT molecular complexity index is 864. The molecule has 0 aliphatic heterocycles. The number of nitrogens with one attached hydrogen (secondary N) is 1. The van der Waals surface area contributed by atoms with Gasteiger partial charge in [0.25, 0.3) is 5.91 Å². The number of methoxy groups -OCH3 is 2. The lowest BCUT2D eigenvalue weighted by molar-refractivity contribution is -0.112. The molecule has 5 heteroatoms. The standard InChI is InChI=1S/C20H20N2O3/c1-13-5-7-18(14(2)9-13)22-20(23)16(12-21)10-15-11-17(24-3)6-8-19(15)25-4/h5-11H,1-4H3,(H,22,23)/b16-10+. The lowest BCUT2D eigenvalue weighted by Gasteiger charge is -2.10. The van der Waals surface area contributed by atoms with E-state index in [0.717, 1.165) is 11.1 Å². The maximum absolute atomic E-state index is 12.5. The second-order valence-corrected chi connectivity index (χ2v) is 5.55. The van der Waals surface area contributed by atoms with Crippen LogP contribution in [0, 0.1) is 25.2 Å². The van der Waals surface area contributed by atoms with Crippen LogP contribution in [-0.4, -0.2) is 20.1 Å². The van der Waals surface area contributed by atoms with Crippen molar-refractivity contribution in [3.8, 4) is 17.6 Å². The van der Waals surface area contributed by atoms with E-state index in [1.54, 1.807) is 25.3 Å². The lowest BCUT2D eigenvalue weighted by atomic mass is 10.1. The molecule has 1 N–H and O–H groups in total. The highest BCUT2D eigenvalue weighted by Crippen LogP contribution is 2.26. The van der Waals surface area contributed by atoms with Crippen LogP contribution < -0.4 is 14.8 Å². The van der Waals surface area contributed by atoms with E-state index < -0.39 is 5.91 Å². The van der Waals surface area contributed by atoms with Gasteiger partial charge in [0.2, 0.25) is 0 Å². The second kappa shape index (κ2) is 8.02. The molecule has 0 saturated heterocycles. The fourth-order valence-electron chi connectivity index (χ4n) is 2.40. The fraction of sp³-hybridized carbons (Fsp3) is 0.200. The number of anilines is 1. The maximum atomic E-state index is 12.5. The molecule has 0 saturated carbocycles. The van der Waals surface area contributed by atoms with E-state index in [4.69, 9.17) is 9.47 Å². The van der Waals surface area contributed by atoms with E-state index >= 15 is 0 Å². The molecule has 5 nitrogen and oxygen atoms in total. The number of ether oxygens (including phenoxy) is 2. The molecule has 0 aliphatic rings.